The number of carboxylic acid groups (broad SMARTS) is 1. The zero-order valence-electron chi connectivity index (χ0n) is 15.4. The van der Waals surface area contributed by atoms with E-state index in [2.05, 4.69) is 38.1 Å². The topological polar surface area (TPSA) is 70.8 Å². The molecule has 2 aromatic rings. The smallest absolute Gasteiger partial charge is 0.339 e. The van der Waals surface area contributed by atoms with Gasteiger partial charge >= 0.3 is 5.97 Å². The molecule has 0 radical (unpaired) electrons. The summed E-state index contributed by atoms with van der Waals surface area (Å²) in [4.78, 5) is 25.5. The second-order valence-electron chi connectivity index (χ2n) is 7.02. The van der Waals surface area contributed by atoms with Gasteiger partial charge in [-0.1, -0.05) is 50.6 Å². The Labute approximate surface area is 148 Å². The number of nitrogens with zero attached hydrogens (tertiary/aromatic N) is 1. The molecule has 0 saturated carbocycles. The van der Waals surface area contributed by atoms with Crippen LogP contribution in [0.2, 0.25) is 0 Å². The van der Waals surface area contributed by atoms with Gasteiger partial charge in [0.15, 0.2) is 5.76 Å². The summed E-state index contributed by atoms with van der Waals surface area (Å²) in [7, 11) is 1.70. The largest absolute Gasteiger partial charge is 0.478 e. The molecule has 0 aliphatic heterocycles. The van der Waals surface area contributed by atoms with E-state index in [0.717, 1.165) is 5.56 Å². The van der Waals surface area contributed by atoms with E-state index < -0.39 is 5.97 Å². The molecule has 0 unspecified atom stereocenters. The number of amides is 1. The quantitative estimate of drug-likeness (QED) is 0.863. The summed E-state index contributed by atoms with van der Waals surface area (Å²) in [5, 5.41) is 9.20. The van der Waals surface area contributed by atoms with Crippen LogP contribution >= 0.6 is 0 Å². The highest BCUT2D eigenvalue weighted by Gasteiger charge is 2.28. The third kappa shape index (κ3) is 4.10. The van der Waals surface area contributed by atoms with Crippen LogP contribution in [0.15, 0.2) is 34.7 Å². The second-order valence-corrected chi connectivity index (χ2v) is 7.02. The van der Waals surface area contributed by atoms with Crippen molar-refractivity contribution in [2.75, 3.05) is 13.6 Å². The highest BCUT2D eigenvalue weighted by molar-refractivity contribution is 5.96. The number of furan rings is 1. The van der Waals surface area contributed by atoms with Gasteiger partial charge in [0.25, 0.3) is 5.91 Å². The molecule has 1 heterocycles. The van der Waals surface area contributed by atoms with E-state index in [1.54, 1.807) is 18.9 Å². The first-order valence-electron chi connectivity index (χ1n) is 8.34. The molecular weight excluding hydrogens is 318 g/mol. The molecule has 1 N–H and O–H groups in total. The third-order valence-electron chi connectivity index (χ3n) is 4.38. The average Bonchev–Trinajstić information content (AvgIpc) is 2.98. The normalized spacial score (nSPS) is 11.4. The van der Waals surface area contributed by atoms with E-state index >= 15 is 0 Å². The number of benzene rings is 1. The fraction of sp³-hybridized carbons (Fsp3) is 0.400. The van der Waals surface area contributed by atoms with E-state index in [1.807, 2.05) is 6.92 Å². The first kappa shape index (κ1) is 18.8. The van der Waals surface area contributed by atoms with Crippen molar-refractivity contribution in [3.63, 3.8) is 0 Å². The lowest BCUT2D eigenvalue weighted by molar-refractivity contribution is 0.0692. The maximum absolute atomic E-state index is 12.7. The Bertz CT molecular complexity index is 771. The zero-order chi connectivity index (χ0) is 18.8. The van der Waals surface area contributed by atoms with Crippen molar-refractivity contribution in [1.82, 2.24) is 4.90 Å². The molecule has 0 spiro atoms. The number of aryl methyl sites for hydroxylation is 2. The number of hydrogen-bond donors (Lipinski definition) is 1. The molecular formula is C20H25NO4. The molecule has 2 rings (SSSR count). The maximum Gasteiger partial charge on any atom is 0.339 e. The number of carbonyl (C=O) groups excluding carboxylic acids is 1. The highest BCUT2D eigenvalue weighted by Crippen LogP contribution is 2.26. The molecule has 0 aliphatic carbocycles. The van der Waals surface area contributed by atoms with Gasteiger partial charge in [-0.3, -0.25) is 4.79 Å². The van der Waals surface area contributed by atoms with E-state index in [4.69, 9.17) is 4.42 Å². The molecule has 0 atom stereocenters. The summed E-state index contributed by atoms with van der Waals surface area (Å²) in [5.74, 6) is -1.01. The number of likely N-dealkylation sites (N-methyl/N-ethyl adjacent to an activating group) is 1. The summed E-state index contributed by atoms with van der Waals surface area (Å²) in [5.41, 5.74) is 2.14. The fourth-order valence-electron chi connectivity index (χ4n) is 2.93. The van der Waals surface area contributed by atoms with Crippen molar-refractivity contribution in [3.8, 4) is 0 Å². The van der Waals surface area contributed by atoms with Crippen molar-refractivity contribution in [2.45, 2.75) is 39.5 Å². The zero-order valence-corrected chi connectivity index (χ0v) is 15.4. The number of carboxylic acids is 1. The molecule has 0 aliphatic rings. The van der Waals surface area contributed by atoms with Crippen LogP contribution in [0.25, 0.3) is 0 Å². The van der Waals surface area contributed by atoms with Gasteiger partial charge in [0.05, 0.1) is 0 Å². The number of carbonyl (C=O) groups is 2. The van der Waals surface area contributed by atoms with Gasteiger partial charge in [0, 0.05) is 31.5 Å². The number of aromatic carboxylic acids is 1. The van der Waals surface area contributed by atoms with Crippen LogP contribution < -0.4 is 0 Å². The first-order valence-corrected chi connectivity index (χ1v) is 8.34. The van der Waals surface area contributed by atoms with Gasteiger partial charge in [0.2, 0.25) is 0 Å². The van der Waals surface area contributed by atoms with E-state index in [1.165, 1.54) is 11.6 Å². The Kier molecular flexibility index (Phi) is 5.36. The van der Waals surface area contributed by atoms with Crippen LogP contribution in [0.1, 0.15) is 58.6 Å². The molecule has 1 amide bonds. The van der Waals surface area contributed by atoms with Gasteiger partial charge in [0.1, 0.15) is 11.3 Å². The van der Waals surface area contributed by atoms with Crippen molar-refractivity contribution in [1.29, 1.82) is 0 Å². The fourth-order valence-corrected chi connectivity index (χ4v) is 2.93. The minimum Gasteiger partial charge on any atom is -0.478 e. The SMILES string of the molecule is CCc1oc(C(=O)N(C)CC(C)(C)c2ccc(C)cc2)cc1C(=O)O. The van der Waals surface area contributed by atoms with Crippen molar-refractivity contribution < 1.29 is 19.1 Å². The lowest BCUT2D eigenvalue weighted by Crippen LogP contribution is -2.38. The lowest BCUT2D eigenvalue weighted by Gasteiger charge is -2.30. The van der Waals surface area contributed by atoms with Gasteiger partial charge in [-0.25, -0.2) is 4.79 Å². The predicted molar refractivity (Wildman–Crippen MR) is 96.2 cm³/mol. The van der Waals surface area contributed by atoms with Crippen LogP contribution in [0.5, 0.6) is 0 Å². The van der Waals surface area contributed by atoms with E-state index in [9.17, 15) is 14.7 Å². The Balaban J connectivity index is 2.19. The molecule has 134 valence electrons. The Morgan fingerprint density at radius 2 is 1.80 bits per heavy atom. The van der Waals surface area contributed by atoms with Crippen molar-refractivity contribution in [2.24, 2.45) is 0 Å². The number of hydrogen-bond acceptors (Lipinski definition) is 3. The van der Waals surface area contributed by atoms with E-state index in [0.29, 0.717) is 18.7 Å². The summed E-state index contributed by atoms with van der Waals surface area (Å²) >= 11 is 0. The Morgan fingerprint density at radius 1 is 1.20 bits per heavy atom. The average molecular weight is 343 g/mol. The van der Waals surface area contributed by atoms with Gasteiger partial charge in [-0.15, -0.1) is 0 Å². The standard InChI is InChI=1S/C20H25NO4/c1-6-16-15(19(23)24)11-17(25-16)18(22)21(5)12-20(3,4)14-9-7-13(2)8-10-14/h7-11H,6,12H2,1-5H3,(H,23,24). The molecule has 1 aromatic carbocycles. The number of rotatable bonds is 6. The van der Waals surface area contributed by atoms with Crippen LogP contribution in [-0.4, -0.2) is 35.5 Å². The lowest BCUT2D eigenvalue weighted by atomic mass is 9.84. The highest BCUT2D eigenvalue weighted by atomic mass is 16.4. The molecule has 25 heavy (non-hydrogen) atoms. The monoisotopic (exact) mass is 343 g/mol. The minimum absolute atomic E-state index is 0.0528. The van der Waals surface area contributed by atoms with Crippen LogP contribution in [-0.2, 0) is 11.8 Å². The summed E-state index contributed by atoms with van der Waals surface area (Å²) < 4.78 is 5.47. The summed E-state index contributed by atoms with van der Waals surface area (Å²) in [6.45, 7) is 8.46. The van der Waals surface area contributed by atoms with Crippen LogP contribution in [0.4, 0.5) is 0 Å². The predicted octanol–water partition coefficient (Wildman–Crippen LogP) is 3.90. The van der Waals surface area contributed by atoms with Gasteiger partial charge < -0.3 is 14.4 Å². The third-order valence-corrected chi connectivity index (χ3v) is 4.38. The van der Waals surface area contributed by atoms with Crippen molar-refractivity contribution >= 4 is 11.9 Å². The molecule has 1 aromatic heterocycles. The first-order chi connectivity index (χ1) is 11.7. The molecule has 5 heteroatoms. The molecule has 0 bridgehead atoms. The van der Waals surface area contributed by atoms with Crippen LogP contribution in [0.3, 0.4) is 0 Å². The minimum atomic E-state index is -1.08. The molecule has 0 fully saturated rings. The van der Waals surface area contributed by atoms with E-state index in [-0.39, 0.29) is 22.6 Å². The Morgan fingerprint density at radius 3 is 2.28 bits per heavy atom. The van der Waals surface area contributed by atoms with Crippen molar-refractivity contribution in [3.05, 3.63) is 58.5 Å². The van der Waals surface area contributed by atoms with Gasteiger partial charge in [-0.2, -0.15) is 0 Å². The Hall–Kier alpha value is -2.56. The maximum atomic E-state index is 12.7. The second kappa shape index (κ2) is 7.13. The molecule has 5 nitrogen and oxygen atoms in total. The summed E-state index contributed by atoms with van der Waals surface area (Å²) in [6, 6.07) is 9.56. The molecule has 0 saturated heterocycles. The summed E-state index contributed by atoms with van der Waals surface area (Å²) in [6.07, 6.45) is 0.424. The van der Waals surface area contributed by atoms with Gasteiger partial charge in [-0.05, 0) is 12.5 Å². The van der Waals surface area contributed by atoms with Crippen LogP contribution in [0, 0.1) is 6.92 Å².